The fraction of sp³-hybridized carbons (Fsp3) is 0.333. The first-order chi connectivity index (χ1) is 25.0. The van der Waals surface area contributed by atoms with Crippen molar-refractivity contribution in [2.45, 2.75) is 49.6 Å². The Morgan fingerprint density at radius 1 is 0.731 bits per heavy atom. The molecule has 2 saturated heterocycles. The molecule has 1 aliphatic carbocycles. The van der Waals surface area contributed by atoms with Gasteiger partial charge in [0.1, 0.15) is 23.3 Å². The van der Waals surface area contributed by atoms with Crippen molar-refractivity contribution >= 4 is 55.5 Å². The molecule has 52 heavy (non-hydrogen) atoms. The number of carbonyl (C=O) groups is 2. The van der Waals surface area contributed by atoms with E-state index < -0.39 is 47.1 Å². The minimum absolute atomic E-state index is 0.00308. The lowest BCUT2D eigenvalue weighted by Gasteiger charge is -2.48. The van der Waals surface area contributed by atoms with Crippen molar-refractivity contribution in [3.05, 3.63) is 96.1 Å². The van der Waals surface area contributed by atoms with Crippen LogP contribution in [0.2, 0.25) is 0 Å². The molecule has 2 aliphatic heterocycles. The summed E-state index contributed by atoms with van der Waals surface area (Å²) in [5.41, 5.74) is 1.19. The van der Waals surface area contributed by atoms with E-state index in [4.69, 9.17) is 0 Å². The number of halogens is 4. The predicted octanol–water partition coefficient (Wildman–Crippen LogP) is 5.83. The minimum Gasteiger partial charge on any atom is -0.389 e. The molecule has 3 aliphatic rings. The Kier molecular flexibility index (Phi) is 7.53. The highest BCUT2D eigenvalue weighted by atomic mass is 19.1. The number of hydrogen-bond donors (Lipinski definition) is 3. The summed E-state index contributed by atoms with van der Waals surface area (Å²) in [6, 6.07) is 15.6. The van der Waals surface area contributed by atoms with E-state index in [0.29, 0.717) is 76.0 Å². The Bertz CT molecular complexity index is 2330. The van der Waals surface area contributed by atoms with Crippen molar-refractivity contribution in [2.75, 3.05) is 26.2 Å². The lowest BCUT2D eigenvalue weighted by Crippen LogP contribution is -2.59. The average Bonchev–Trinajstić information content (AvgIpc) is 3.91. The zero-order valence-electron chi connectivity index (χ0n) is 27.9. The third kappa shape index (κ3) is 4.96. The number of nitrogens with zero attached hydrogens (tertiary/aromatic N) is 4. The summed E-state index contributed by atoms with van der Waals surface area (Å²) in [5, 5.41) is 28.8. The highest BCUT2D eigenvalue weighted by Gasteiger charge is 2.62. The number of rotatable bonds is 9. The quantitative estimate of drug-likeness (QED) is 0.164. The molecule has 5 atom stereocenters. The van der Waals surface area contributed by atoms with Gasteiger partial charge >= 0.3 is 6.03 Å². The van der Waals surface area contributed by atoms with Gasteiger partial charge < -0.3 is 34.5 Å². The number of urea groups is 1. The normalized spacial score (nSPS) is 22.1. The second-order valence-electron chi connectivity index (χ2n) is 14.5. The molecule has 268 valence electrons. The molecule has 9 rings (SSSR count). The van der Waals surface area contributed by atoms with E-state index >= 15 is 0 Å². The molecule has 3 fully saturated rings. The Morgan fingerprint density at radius 2 is 1.25 bits per heavy atom. The van der Waals surface area contributed by atoms with E-state index in [9.17, 15) is 37.4 Å². The number of β-amino-alcohol motifs (C(OH)–C–C–N with tert-alkyl or cyclic N) is 2. The third-order valence-corrected chi connectivity index (χ3v) is 11.5. The van der Waals surface area contributed by atoms with Gasteiger partial charge in [0, 0.05) is 69.2 Å². The molecule has 3 amide bonds. The molecule has 1 saturated carbocycles. The van der Waals surface area contributed by atoms with Crippen molar-refractivity contribution < 1.29 is 37.4 Å². The van der Waals surface area contributed by atoms with E-state index in [0.717, 1.165) is 0 Å². The molecular weight excluding hydrogens is 678 g/mol. The fourth-order valence-corrected chi connectivity index (χ4v) is 9.45. The smallest absolute Gasteiger partial charge is 0.317 e. The summed E-state index contributed by atoms with van der Waals surface area (Å²) >= 11 is 0. The summed E-state index contributed by atoms with van der Waals surface area (Å²) in [5.74, 6) is -2.55. The first-order valence-corrected chi connectivity index (χ1v) is 17.5. The second-order valence-corrected chi connectivity index (χ2v) is 14.5. The molecule has 9 nitrogen and oxygen atoms in total. The Hall–Kier alpha value is -5.14. The SMILES string of the molecule is O=C1NCCN1CC(O)C(n1c2ccc(F)cc2c2cc(F)ccc21)C12CCC(C1)C(=O)N2CC(O)Cn1c2ccc(F)cc2c2cc(F)ccc21. The molecule has 0 spiro atoms. The second kappa shape index (κ2) is 12.0. The number of aliphatic hydroxyl groups is 2. The molecule has 2 bridgehead atoms. The average molecular weight is 714 g/mol. The van der Waals surface area contributed by atoms with Crippen molar-refractivity contribution in [3.63, 3.8) is 0 Å². The number of nitrogens with one attached hydrogen (secondary N) is 1. The zero-order valence-corrected chi connectivity index (χ0v) is 27.9. The Labute approximate surface area is 294 Å². The van der Waals surface area contributed by atoms with Crippen molar-refractivity contribution in [2.24, 2.45) is 5.92 Å². The Morgan fingerprint density at radius 3 is 1.77 bits per heavy atom. The van der Waals surface area contributed by atoms with Gasteiger partial charge in [0.15, 0.2) is 0 Å². The van der Waals surface area contributed by atoms with Gasteiger partial charge in [-0.1, -0.05) is 0 Å². The monoisotopic (exact) mass is 713 g/mol. The number of piperidine rings is 1. The maximum Gasteiger partial charge on any atom is 0.317 e. The van der Waals surface area contributed by atoms with E-state index in [1.54, 1.807) is 33.7 Å². The number of likely N-dealkylation sites (tertiary alicyclic amines) is 1. The summed E-state index contributed by atoms with van der Waals surface area (Å²) in [7, 11) is 0. The summed E-state index contributed by atoms with van der Waals surface area (Å²) in [6.07, 6.45) is -0.990. The van der Waals surface area contributed by atoms with Crippen LogP contribution in [-0.2, 0) is 11.3 Å². The van der Waals surface area contributed by atoms with Gasteiger partial charge in [-0.15, -0.1) is 0 Å². The molecule has 13 heteroatoms. The maximum atomic E-state index is 14.7. The number of amides is 3. The van der Waals surface area contributed by atoms with Gasteiger partial charge in [-0.3, -0.25) is 4.79 Å². The first-order valence-electron chi connectivity index (χ1n) is 17.5. The Balaban J connectivity index is 1.16. The fourth-order valence-electron chi connectivity index (χ4n) is 9.45. The number of aromatic nitrogens is 2. The van der Waals surface area contributed by atoms with Crippen LogP contribution in [0, 0.1) is 29.2 Å². The van der Waals surface area contributed by atoms with Crippen LogP contribution < -0.4 is 5.32 Å². The van der Waals surface area contributed by atoms with Gasteiger partial charge in [-0.25, -0.2) is 22.4 Å². The van der Waals surface area contributed by atoms with Crippen LogP contribution in [0.3, 0.4) is 0 Å². The van der Waals surface area contributed by atoms with E-state index in [1.807, 2.05) is 4.57 Å². The molecule has 4 heterocycles. The van der Waals surface area contributed by atoms with Crippen molar-refractivity contribution in [3.8, 4) is 0 Å². The van der Waals surface area contributed by atoms with Crippen LogP contribution >= 0.6 is 0 Å². The van der Waals surface area contributed by atoms with Gasteiger partial charge in [-0.2, -0.15) is 0 Å². The van der Waals surface area contributed by atoms with Crippen LogP contribution in [0.25, 0.3) is 43.6 Å². The molecule has 2 aromatic heterocycles. The topological polar surface area (TPSA) is 103 Å². The van der Waals surface area contributed by atoms with E-state index in [2.05, 4.69) is 5.32 Å². The van der Waals surface area contributed by atoms with Gasteiger partial charge in [0.2, 0.25) is 5.91 Å². The molecule has 4 aromatic carbocycles. The van der Waals surface area contributed by atoms with Crippen LogP contribution in [0.1, 0.15) is 25.3 Å². The first kappa shape index (κ1) is 32.7. The maximum absolute atomic E-state index is 14.7. The van der Waals surface area contributed by atoms with Crippen molar-refractivity contribution in [1.29, 1.82) is 0 Å². The lowest BCUT2D eigenvalue weighted by molar-refractivity contribution is -0.142. The predicted molar refractivity (Wildman–Crippen MR) is 187 cm³/mol. The zero-order chi connectivity index (χ0) is 36.1. The van der Waals surface area contributed by atoms with Crippen molar-refractivity contribution in [1.82, 2.24) is 24.3 Å². The lowest BCUT2D eigenvalue weighted by atomic mass is 9.82. The van der Waals surface area contributed by atoms with Gasteiger partial charge in [-0.05, 0) is 92.1 Å². The van der Waals surface area contributed by atoms with E-state index in [-0.39, 0.29) is 37.5 Å². The highest BCUT2D eigenvalue weighted by molar-refractivity contribution is 6.09. The molecule has 5 unspecified atom stereocenters. The van der Waals surface area contributed by atoms with Crippen LogP contribution in [0.5, 0.6) is 0 Å². The number of fused-ring (bicyclic) bond motifs is 8. The number of hydrogen-bond acceptors (Lipinski definition) is 4. The summed E-state index contributed by atoms with van der Waals surface area (Å²) < 4.78 is 61.8. The van der Waals surface area contributed by atoms with Crippen LogP contribution in [0.15, 0.2) is 72.8 Å². The number of carbonyl (C=O) groups excluding carboxylic acids is 2. The van der Waals surface area contributed by atoms with Crippen LogP contribution in [0.4, 0.5) is 22.4 Å². The van der Waals surface area contributed by atoms with Gasteiger partial charge in [0.25, 0.3) is 0 Å². The van der Waals surface area contributed by atoms with Crippen LogP contribution in [-0.4, -0.2) is 85.0 Å². The van der Waals surface area contributed by atoms with E-state index in [1.165, 1.54) is 53.4 Å². The number of benzene rings is 4. The minimum atomic E-state index is -1.23. The summed E-state index contributed by atoms with van der Waals surface area (Å²) in [4.78, 5) is 30.1. The molecule has 6 aromatic rings. The third-order valence-electron chi connectivity index (χ3n) is 11.5. The largest absolute Gasteiger partial charge is 0.389 e. The highest BCUT2D eigenvalue weighted by Crippen LogP contribution is 2.55. The van der Waals surface area contributed by atoms with Gasteiger partial charge in [0.05, 0.1) is 36.9 Å². The summed E-state index contributed by atoms with van der Waals surface area (Å²) in [6.45, 7) is 0.598. The molecule has 3 N–H and O–H groups in total. The number of aliphatic hydroxyl groups excluding tert-OH is 2. The molecular formula is C39H35F4N5O4. The standard InChI is InChI=1S/C39H35F4N5O4/c40-22-1-5-31-27(13-22)28-14-23(41)2-6-32(28)46(31)18-26(49)19-47-37(51)21-9-10-39(47,17-21)36(35(50)20-45-12-11-44-38(45)52)48-33-7-3-24(42)15-29(33)30-16-25(43)4-8-34(30)48/h1-8,13-16,21,26,35-36,49-50H,9-12,17-20H2,(H,44,52). The molecule has 0 radical (unpaired) electrons.